The van der Waals surface area contributed by atoms with Gasteiger partial charge in [-0.1, -0.05) is 23.2 Å². The second kappa shape index (κ2) is 4.81. The molecule has 0 atom stereocenters. The Labute approximate surface area is 98.4 Å². The van der Waals surface area contributed by atoms with Gasteiger partial charge in [0.15, 0.2) is 0 Å². The summed E-state index contributed by atoms with van der Waals surface area (Å²) in [5.74, 6) is -0.465. The fraction of sp³-hybridized carbons (Fsp3) is 0.400. The van der Waals surface area contributed by atoms with Gasteiger partial charge in [-0.15, -0.1) is 0 Å². The van der Waals surface area contributed by atoms with Crippen LogP contribution < -0.4 is 0 Å². The minimum atomic E-state index is -0.465. The van der Waals surface area contributed by atoms with Crippen LogP contribution in [-0.4, -0.2) is 17.6 Å². The number of hydrogen-bond donors (Lipinski definition) is 0. The van der Waals surface area contributed by atoms with Gasteiger partial charge in [-0.2, -0.15) is 0 Å². The van der Waals surface area contributed by atoms with Crippen LogP contribution in [0.5, 0.6) is 0 Å². The second-order valence-corrected chi connectivity index (χ2v) is 3.76. The Kier molecular flexibility index (Phi) is 3.94. The Hall–Kier alpha value is -0.800. The number of aromatic nitrogens is 1. The first kappa shape index (κ1) is 12.3. The zero-order valence-electron chi connectivity index (χ0n) is 8.73. The van der Waals surface area contributed by atoms with E-state index in [1.54, 1.807) is 20.8 Å². The van der Waals surface area contributed by atoms with Crippen molar-refractivity contribution in [3.8, 4) is 0 Å². The molecule has 1 aromatic heterocycles. The number of pyridine rings is 1. The maximum Gasteiger partial charge on any atom is 0.341 e. The molecule has 0 aliphatic rings. The van der Waals surface area contributed by atoms with Crippen LogP contribution in [0.4, 0.5) is 0 Å². The van der Waals surface area contributed by atoms with Gasteiger partial charge in [-0.25, -0.2) is 9.78 Å². The minimum absolute atomic E-state index is 0.292. The van der Waals surface area contributed by atoms with E-state index in [0.29, 0.717) is 33.6 Å². The van der Waals surface area contributed by atoms with Crippen LogP contribution in [0.15, 0.2) is 0 Å². The summed E-state index contributed by atoms with van der Waals surface area (Å²) in [6.45, 7) is 5.41. The molecule has 0 radical (unpaired) electrons. The average Bonchev–Trinajstić information content (AvgIpc) is 2.15. The number of carbonyl (C=O) groups excluding carboxylic acids is 1. The number of hydrogen-bond acceptors (Lipinski definition) is 3. The molecule has 0 saturated heterocycles. The minimum Gasteiger partial charge on any atom is -0.462 e. The Morgan fingerprint density at radius 2 is 2.00 bits per heavy atom. The van der Waals surface area contributed by atoms with E-state index in [1.165, 1.54) is 0 Å². The zero-order valence-corrected chi connectivity index (χ0v) is 10.2. The van der Waals surface area contributed by atoms with E-state index in [2.05, 4.69) is 4.98 Å². The molecule has 82 valence electrons. The average molecular weight is 248 g/mol. The van der Waals surface area contributed by atoms with E-state index < -0.39 is 5.97 Å². The van der Waals surface area contributed by atoms with E-state index in [1.807, 2.05) is 0 Å². The van der Waals surface area contributed by atoms with Gasteiger partial charge in [0.25, 0.3) is 0 Å². The molecule has 1 aromatic rings. The molecule has 0 amide bonds. The van der Waals surface area contributed by atoms with Gasteiger partial charge in [0.05, 0.1) is 22.9 Å². The largest absolute Gasteiger partial charge is 0.462 e. The second-order valence-electron chi connectivity index (χ2n) is 3.02. The SMILES string of the molecule is CCOC(=O)c1c(C)nc(Cl)c(C)c1Cl. The number of esters is 1. The van der Waals surface area contributed by atoms with Crippen LogP contribution in [-0.2, 0) is 4.74 Å². The Morgan fingerprint density at radius 3 is 2.53 bits per heavy atom. The van der Waals surface area contributed by atoms with Gasteiger partial charge < -0.3 is 4.74 Å². The lowest BCUT2D eigenvalue weighted by atomic mass is 10.1. The summed E-state index contributed by atoms with van der Waals surface area (Å²) in [6, 6.07) is 0. The number of rotatable bonds is 2. The van der Waals surface area contributed by atoms with Crippen molar-refractivity contribution in [2.45, 2.75) is 20.8 Å². The lowest BCUT2D eigenvalue weighted by molar-refractivity contribution is 0.0525. The van der Waals surface area contributed by atoms with Crippen LogP contribution in [0.1, 0.15) is 28.5 Å². The third-order valence-electron chi connectivity index (χ3n) is 1.97. The number of nitrogens with zero attached hydrogens (tertiary/aromatic N) is 1. The van der Waals surface area contributed by atoms with Crippen LogP contribution in [0.2, 0.25) is 10.2 Å². The van der Waals surface area contributed by atoms with Crippen LogP contribution in [0.25, 0.3) is 0 Å². The molecule has 0 aliphatic heterocycles. The Bertz CT molecular complexity index is 405. The summed E-state index contributed by atoms with van der Waals surface area (Å²) < 4.78 is 4.88. The molecule has 0 saturated carbocycles. The standard InChI is InChI=1S/C10H11Cl2NO2/c1-4-15-10(14)7-6(3)13-9(12)5(2)8(7)11/h4H2,1-3H3. The summed E-state index contributed by atoms with van der Waals surface area (Å²) in [7, 11) is 0. The molecule has 5 heteroatoms. The molecule has 0 fully saturated rings. The van der Waals surface area contributed by atoms with Gasteiger partial charge in [0.2, 0.25) is 0 Å². The quantitative estimate of drug-likeness (QED) is 0.596. The molecule has 0 spiro atoms. The summed E-state index contributed by atoms with van der Waals surface area (Å²) in [5, 5.41) is 0.622. The Morgan fingerprint density at radius 1 is 1.40 bits per heavy atom. The van der Waals surface area contributed by atoms with E-state index in [-0.39, 0.29) is 0 Å². The van der Waals surface area contributed by atoms with Crippen molar-refractivity contribution < 1.29 is 9.53 Å². The van der Waals surface area contributed by atoms with Crippen LogP contribution in [0, 0.1) is 13.8 Å². The van der Waals surface area contributed by atoms with Gasteiger partial charge >= 0.3 is 5.97 Å². The van der Waals surface area contributed by atoms with E-state index in [0.717, 1.165) is 0 Å². The van der Waals surface area contributed by atoms with Crippen molar-refractivity contribution in [3.05, 3.63) is 27.0 Å². The molecule has 0 aromatic carbocycles. The number of ether oxygens (including phenoxy) is 1. The van der Waals surface area contributed by atoms with Gasteiger partial charge in [-0.05, 0) is 20.8 Å². The molecular weight excluding hydrogens is 237 g/mol. The van der Waals surface area contributed by atoms with Crippen LogP contribution in [0.3, 0.4) is 0 Å². The van der Waals surface area contributed by atoms with Crippen molar-refractivity contribution in [1.82, 2.24) is 4.98 Å². The molecule has 15 heavy (non-hydrogen) atoms. The first-order valence-corrected chi connectivity index (χ1v) is 5.24. The van der Waals surface area contributed by atoms with Crippen molar-refractivity contribution in [2.75, 3.05) is 6.61 Å². The van der Waals surface area contributed by atoms with E-state index >= 15 is 0 Å². The lowest BCUT2D eigenvalue weighted by Gasteiger charge is -2.10. The summed E-state index contributed by atoms with van der Waals surface area (Å²) in [6.07, 6.45) is 0. The van der Waals surface area contributed by atoms with Crippen LogP contribution >= 0.6 is 23.2 Å². The third-order valence-corrected chi connectivity index (χ3v) is 2.81. The smallest absolute Gasteiger partial charge is 0.341 e. The topological polar surface area (TPSA) is 39.2 Å². The van der Waals surface area contributed by atoms with E-state index in [4.69, 9.17) is 27.9 Å². The molecular formula is C10H11Cl2NO2. The number of halogens is 2. The predicted octanol–water partition coefficient (Wildman–Crippen LogP) is 3.18. The maximum absolute atomic E-state index is 11.6. The normalized spacial score (nSPS) is 10.2. The number of aryl methyl sites for hydroxylation is 1. The van der Waals surface area contributed by atoms with Gasteiger partial charge in [-0.3, -0.25) is 0 Å². The molecule has 3 nitrogen and oxygen atoms in total. The molecule has 0 bridgehead atoms. The van der Waals surface area contributed by atoms with Gasteiger partial charge in [0, 0.05) is 5.56 Å². The summed E-state index contributed by atoms with van der Waals surface area (Å²) in [4.78, 5) is 15.6. The van der Waals surface area contributed by atoms with Crippen molar-refractivity contribution in [2.24, 2.45) is 0 Å². The highest BCUT2D eigenvalue weighted by Gasteiger charge is 2.19. The monoisotopic (exact) mass is 247 g/mol. The van der Waals surface area contributed by atoms with Gasteiger partial charge in [0.1, 0.15) is 5.15 Å². The van der Waals surface area contributed by atoms with E-state index in [9.17, 15) is 4.79 Å². The fourth-order valence-corrected chi connectivity index (χ4v) is 1.74. The first-order valence-electron chi connectivity index (χ1n) is 4.48. The molecule has 0 aliphatic carbocycles. The highest BCUT2D eigenvalue weighted by molar-refractivity contribution is 6.37. The molecule has 1 rings (SSSR count). The molecule has 1 heterocycles. The zero-order chi connectivity index (χ0) is 11.6. The van der Waals surface area contributed by atoms with Crippen molar-refractivity contribution in [3.63, 3.8) is 0 Å². The maximum atomic E-state index is 11.6. The molecule has 0 N–H and O–H groups in total. The first-order chi connectivity index (χ1) is 6.99. The number of carbonyl (C=O) groups is 1. The van der Waals surface area contributed by atoms with Crippen molar-refractivity contribution in [1.29, 1.82) is 0 Å². The summed E-state index contributed by atoms with van der Waals surface area (Å²) >= 11 is 11.8. The lowest BCUT2D eigenvalue weighted by Crippen LogP contribution is -2.10. The Balaban J connectivity index is 3.29. The highest BCUT2D eigenvalue weighted by Crippen LogP contribution is 2.28. The molecule has 0 unspecified atom stereocenters. The third kappa shape index (κ3) is 2.41. The highest BCUT2D eigenvalue weighted by atomic mass is 35.5. The fourth-order valence-electron chi connectivity index (χ4n) is 1.16. The van der Waals surface area contributed by atoms with Crippen molar-refractivity contribution >= 4 is 29.2 Å². The summed E-state index contributed by atoms with van der Waals surface area (Å²) in [5.41, 5.74) is 1.36. The predicted molar refractivity (Wildman–Crippen MR) is 59.7 cm³/mol.